The second kappa shape index (κ2) is 5.17. The van der Waals surface area contributed by atoms with Gasteiger partial charge < -0.3 is 19.5 Å². The number of hydrogen-bond acceptors (Lipinski definition) is 5. The van der Waals surface area contributed by atoms with Crippen molar-refractivity contribution in [1.29, 1.82) is 0 Å². The van der Waals surface area contributed by atoms with Gasteiger partial charge in [-0.25, -0.2) is 4.98 Å². The monoisotopic (exact) mass is 274 g/mol. The minimum absolute atomic E-state index is 0.00120. The number of aliphatic hydroxyl groups excluding tert-OH is 1. The maximum atomic E-state index is 9.32. The third-order valence-corrected chi connectivity index (χ3v) is 3.67. The number of rotatable bonds is 3. The Kier molecular flexibility index (Phi) is 3.36. The summed E-state index contributed by atoms with van der Waals surface area (Å²) in [6, 6.07) is 5.90. The molecule has 0 aliphatic carbocycles. The number of benzene rings is 1. The standard InChI is InChI=1S/C15H18N2O3/c1-10(9-18)17(2)15-12-8-14-13(19-5-6-20-14)7-11(12)3-4-16-15/h3-4,7-8,10,18H,5-6,9H2,1-2H3. The summed E-state index contributed by atoms with van der Waals surface area (Å²) in [6.07, 6.45) is 1.77. The van der Waals surface area contributed by atoms with Gasteiger partial charge in [0, 0.05) is 18.6 Å². The van der Waals surface area contributed by atoms with Crippen LogP contribution in [0.3, 0.4) is 0 Å². The van der Waals surface area contributed by atoms with Crippen molar-refractivity contribution >= 4 is 16.6 Å². The lowest BCUT2D eigenvalue weighted by Gasteiger charge is -2.26. The third-order valence-electron chi connectivity index (χ3n) is 3.67. The molecule has 0 radical (unpaired) electrons. The van der Waals surface area contributed by atoms with Crippen molar-refractivity contribution in [2.75, 3.05) is 31.8 Å². The molecule has 1 aromatic heterocycles. The van der Waals surface area contributed by atoms with Crippen LogP contribution in [-0.4, -0.2) is 43.0 Å². The van der Waals surface area contributed by atoms with E-state index in [0.717, 1.165) is 28.1 Å². The maximum absolute atomic E-state index is 9.32. The SMILES string of the molecule is CC(CO)N(C)c1nccc2cc3c(cc12)OCCO3. The highest BCUT2D eigenvalue weighted by Crippen LogP contribution is 2.37. The van der Waals surface area contributed by atoms with Crippen LogP contribution in [-0.2, 0) is 0 Å². The lowest BCUT2D eigenvalue weighted by molar-refractivity contribution is 0.172. The van der Waals surface area contributed by atoms with Crippen molar-refractivity contribution < 1.29 is 14.6 Å². The molecule has 1 N–H and O–H groups in total. The average molecular weight is 274 g/mol. The Morgan fingerprint density at radius 3 is 2.70 bits per heavy atom. The molecule has 1 unspecified atom stereocenters. The highest BCUT2D eigenvalue weighted by Gasteiger charge is 2.17. The molecule has 3 rings (SSSR count). The zero-order valence-electron chi connectivity index (χ0n) is 11.7. The van der Waals surface area contributed by atoms with Gasteiger partial charge in [-0.2, -0.15) is 0 Å². The van der Waals surface area contributed by atoms with Crippen molar-refractivity contribution in [1.82, 2.24) is 4.98 Å². The van der Waals surface area contributed by atoms with Crippen molar-refractivity contribution in [3.63, 3.8) is 0 Å². The first-order valence-corrected chi connectivity index (χ1v) is 6.72. The first-order valence-electron chi connectivity index (χ1n) is 6.72. The summed E-state index contributed by atoms with van der Waals surface area (Å²) in [5.41, 5.74) is 0. The number of pyridine rings is 1. The van der Waals surface area contributed by atoms with E-state index in [1.165, 1.54) is 0 Å². The second-order valence-electron chi connectivity index (χ2n) is 4.99. The lowest BCUT2D eigenvalue weighted by Crippen LogP contribution is -2.32. The molecule has 2 aromatic rings. The summed E-state index contributed by atoms with van der Waals surface area (Å²) >= 11 is 0. The summed E-state index contributed by atoms with van der Waals surface area (Å²) in [7, 11) is 1.93. The van der Waals surface area contributed by atoms with Crippen molar-refractivity contribution in [2.24, 2.45) is 0 Å². The molecule has 1 aliphatic heterocycles. The predicted octanol–water partition coefficient (Wildman–Crippen LogP) is 1.82. The van der Waals surface area contributed by atoms with Gasteiger partial charge in [0.15, 0.2) is 11.5 Å². The van der Waals surface area contributed by atoms with Crippen molar-refractivity contribution in [3.05, 3.63) is 24.4 Å². The van der Waals surface area contributed by atoms with E-state index in [-0.39, 0.29) is 12.6 Å². The molecule has 0 saturated heterocycles. The Morgan fingerprint density at radius 1 is 1.30 bits per heavy atom. The van der Waals surface area contributed by atoms with Crippen LogP contribution in [0, 0.1) is 0 Å². The molecule has 0 bridgehead atoms. The Balaban J connectivity index is 2.13. The van der Waals surface area contributed by atoms with Gasteiger partial charge >= 0.3 is 0 Å². The molecule has 1 atom stereocenters. The molecule has 0 saturated carbocycles. The molecule has 5 heteroatoms. The molecular weight excluding hydrogens is 256 g/mol. The van der Waals surface area contributed by atoms with Crippen molar-refractivity contribution in [2.45, 2.75) is 13.0 Å². The summed E-state index contributed by atoms with van der Waals surface area (Å²) < 4.78 is 11.2. The highest BCUT2D eigenvalue weighted by atomic mass is 16.6. The number of anilines is 1. The van der Waals surface area contributed by atoms with E-state index < -0.39 is 0 Å². The fraction of sp³-hybridized carbons (Fsp3) is 0.400. The predicted molar refractivity (Wildman–Crippen MR) is 77.7 cm³/mol. The van der Waals surface area contributed by atoms with Gasteiger partial charge in [-0.15, -0.1) is 0 Å². The number of fused-ring (bicyclic) bond motifs is 2. The second-order valence-corrected chi connectivity index (χ2v) is 4.99. The summed E-state index contributed by atoms with van der Waals surface area (Å²) in [4.78, 5) is 6.41. The molecular formula is C15H18N2O3. The van der Waals surface area contributed by atoms with Crippen LogP contribution in [0.15, 0.2) is 24.4 Å². The fourth-order valence-corrected chi connectivity index (χ4v) is 2.31. The Bertz CT molecular complexity index is 630. The van der Waals surface area contributed by atoms with Crippen LogP contribution in [0.4, 0.5) is 5.82 Å². The van der Waals surface area contributed by atoms with E-state index in [0.29, 0.717) is 13.2 Å². The molecule has 5 nitrogen and oxygen atoms in total. The normalized spacial score (nSPS) is 15.2. The van der Waals surface area contributed by atoms with E-state index in [4.69, 9.17) is 9.47 Å². The zero-order valence-corrected chi connectivity index (χ0v) is 11.7. The first-order chi connectivity index (χ1) is 9.70. The largest absolute Gasteiger partial charge is 0.486 e. The summed E-state index contributed by atoms with van der Waals surface area (Å²) in [5.74, 6) is 2.36. The van der Waals surface area contributed by atoms with Gasteiger partial charge in [-0.3, -0.25) is 0 Å². The van der Waals surface area contributed by atoms with E-state index in [1.807, 2.05) is 37.1 Å². The third kappa shape index (κ3) is 2.14. The van der Waals surface area contributed by atoms with Crippen molar-refractivity contribution in [3.8, 4) is 11.5 Å². The molecule has 1 aliphatic rings. The quantitative estimate of drug-likeness (QED) is 0.925. The zero-order chi connectivity index (χ0) is 14.1. The van der Waals surface area contributed by atoms with Gasteiger partial charge in [0.05, 0.1) is 12.6 Å². The Morgan fingerprint density at radius 2 is 2.00 bits per heavy atom. The van der Waals surface area contributed by atoms with Crippen LogP contribution in [0.2, 0.25) is 0 Å². The Labute approximate surface area is 117 Å². The number of aromatic nitrogens is 1. The average Bonchev–Trinajstić information content (AvgIpc) is 2.50. The van der Waals surface area contributed by atoms with E-state index in [2.05, 4.69) is 4.98 Å². The number of nitrogens with zero attached hydrogens (tertiary/aromatic N) is 2. The highest BCUT2D eigenvalue weighted by molar-refractivity contribution is 5.94. The molecule has 106 valence electrons. The smallest absolute Gasteiger partial charge is 0.162 e. The molecule has 0 fully saturated rings. The fourth-order valence-electron chi connectivity index (χ4n) is 2.31. The topological polar surface area (TPSA) is 54.8 Å². The molecule has 0 spiro atoms. The minimum atomic E-state index is 0.00120. The summed E-state index contributed by atoms with van der Waals surface area (Å²) in [6.45, 7) is 3.19. The van der Waals surface area contributed by atoms with Crippen LogP contribution in [0.5, 0.6) is 11.5 Å². The van der Waals surface area contributed by atoms with Gasteiger partial charge in [0.1, 0.15) is 19.0 Å². The molecule has 20 heavy (non-hydrogen) atoms. The number of ether oxygens (including phenoxy) is 2. The van der Waals surface area contributed by atoms with Crippen LogP contribution < -0.4 is 14.4 Å². The molecule has 1 aromatic carbocycles. The van der Waals surface area contributed by atoms with Gasteiger partial charge in [0.2, 0.25) is 0 Å². The number of likely N-dealkylation sites (N-methyl/N-ethyl adjacent to an activating group) is 1. The maximum Gasteiger partial charge on any atom is 0.162 e. The lowest BCUT2D eigenvalue weighted by atomic mass is 10.1. The van der Waals surface area contributed by atoms with Crippen LogP contribution >= 0.6 is 0 Å². The van der Waals surface area contributed by atoms with E-state index in [1.54, 1.807) is 6.20 Å². The number of hydrogen-bond donors (Lipinski definition) is 1. The first kappa shape index (κ1) is 13.0. The van der Waals surface area contributed by atoms with Gasteiger partial charge in [-0.1, -0.05) is 0 Å². The van der Waals surface area contributed by atoms with E-state index in [9.17, 15) is 5.11 Å². The van der Waals surface area contributed by atoms with Crippen LogP contribution in [0.1, 0.15) is 6.92 Å². The Hall–Kier alpha value is -2.01. The summed E-state index contributed by atoms with van der Waals surface area (Å²) in [5, 5.41) is 11.4. The van der Waals surface area contributed by atoms with Crippen LogP contribution in [0.25, 0.3) is 10.8 Å². The molecule has 2 heterocycles. The van der Waals surface area contributed by atoms with Gasteiger partial charge in [0.25, 0.3) is 0 Å². The molecule has 0 amide bonds. The van der Waals surface area contributed by atoms with Gasteiger partial charge in [-0.05, 0) is 30.5 Å². The van der Waals surface area contributed by atoms with E-state index >= 15 is 0 Å². The minimum Gasteiger partial charge on any atom is -0.486 e. The number of aliphatic hydroxyl groups is 1.